The summed E-state index contributed by atoms with van der Waals surface area (Å²) in [7, 11) is 3.51. The van der Waals surface area contributed by atoms with Gasteiger partial charge in [0.15, 0.2) is 5.96 Å². The van der Waals surface area contributed by atoms with E-state index in [1.54, 1.807) is 7.11 Å². The number of guanidine groups is 1. The second-order valence-electron chi connectivity index (χ2n) is 6.71. The first kappa shape index (κ1) is 18.6. The molecule has 0 bridgehead atoms. The molecule has 0 aromatic heterocycles. The summed E-state index contributed by atoms with van der Waals surface area (Å²) in [6.45, 7) is 8.74. The van der Waals surface area contributed by atoms with E-state index in [0.29, 0.717) is 12.0 Å². The van der Waals surface area contributed by atoms with Crippen molar-refractivity contribution in [2.75, 3.05) is 33.8 Å². The maximum absolute atomic E-state index is 5.19. The molecule has 5 nitrogen and oxygen atoms in total. The van der Waals surface area contributed by atoms with Gasteiger partial charge in [-0.05, 0) is 49.5 Å². The standard InChI is InChI=1S/C19H32N4O/c1-15(2)18(23-11-5-6-12-23)14-22-19(20-3)21-13-16-7-9-17(24-4)10-8-16/h7-10,15,18H,5-6,11-14H2,1-4H3,(H2,20,21,22). The molecule has 0 saturated carbocycles. The highest BCUT2D eigenvalue weighted by molar-refractivity contribution is 5.79. The van der Waals surface area contributed by atoms with Crippen LogP contribution in [0.15, 0.2) is 29.3 Å². The number of benzene rings is 1. The molecule has 5 heteroatoms. The fourth-order valence-corrected chi connectivity index (χ4v) is 3.21. The number of methoxy groups -OCH3 is 1. The van der Waals surface area contributed by atoms with Gasteiger partial charge < -0.3 is 15.4 Å². The Morgan fingerprint density at radius 1 is 1.17 bits per heavy atom. The molecule has 1 aromatic carbocycles. The predicted molar refractivity (Wildman–Crippen MR) is 101 cm³/mol. The van der Waals surface area contributed by atoms with E-state index in [1.807, 2.05) is 19.2 Å². The van der Waals surface area contributed by atoms with Gasteiger partial charge in [-0.25, -0.2) is 0 Å². The zero-order valence-electron chi connectivity index (χ0n) is 15.5. The molecule has 1 heterocycles. The van der Waals surface area contributed by atoms with Gasteiger partial charge in [-0.1, -0.05) is 26.0 Å². The van der Waals surface area contributed by atoms with Crippen LogP contribution in [-0.4, -0.2) is 50.7 Å². The van der Waals surface area contributed by atoms with Crippen LogP contribution in [0.25, 0.3) is 0 Å². The smallest absolute Gasteiger partial charge is 0.191 e. The van der Waals surface area contributed by atoms with Crippen LogP contribution in [0.3, 0.4) is 0 Å². The molecule has 1 fully saturated rings. The van der Waals surface area contributed by atoms with Gasteiger partial charge in [0.05, 0.1) is 7.11 Å². The van der Waals surface area contributed by atoms with Crippen LogP contribution in [0.4, 0.5) is 0 Å². The van der Waals surface area contributed by atoms with E-state index in [9.17, 15) is 0 Å². The third-order valence-corrected chi connectivity index (χ3v) is 4.70. The summed E-state index contributed by atoms with van der Waals surface area (Å²) in [5.74, 6) is 2.37. The number of hydrogen-bond acceptors (Lipinski definition) is 3. The van der Waals surface area contributed by atoms with E-state index >= 15 is 0 Å². The van der Waals surface area contributed by atoms with Crippen molar-refractivity contribution in [2.45, 2.75) is 39.3 Å². The summed E-state index contributed by atoms with van der Waals surface area (Å²) in [6.07, 6.45) is 2.65. The van der Waals surface area contributed by atoms with Crippen LogP contribution in [0.2, 0.25) is 0 Å². The Kier molecular flexibility index (Phi) is 7.37. The quantitative estimate of drug-likeness (QED) is 0.595. The molecule has 1 aromatic rings. The topological polar surface area (TPSA) is 48.9 Å². The van der Waals surface area contributed by atoms with Crippen molar-refractivity contribution in [1.82, 2.24) is 15.5 Å². The SMILES string of the molecule is CN=C(NCc1ccc(OC)cc1)NCC(C(C)C)N1CCCC1. The zero-order valence-corrected chi connectivity index (χ0v) is 15.5. The number of nitrogens with zero attached hydrogens (tertiary/aromatic N) is 2. The maximum Gasteiger partial charge on any atom is 0.191 e. The van der Waals surface area contributed by atoms with E-state index in [0.717, 1.165) is 24.8 Å². The first-order valence-electron chi connectivity index (χ1n) is 8.95. The van der Waals surface area contributed by atoms with Crippen molar-refractivity contribution in [3.05, 3.63) is 29.8 Å². The minimum absolute atomic E-state index is 0.562. The van der Waals surface area contributed by atoms with E-state index in [4.69, 9.17) is 4.74 Å². The van der Waals surface area contributed by atoms with Crippen molar-refractivity contribution < 1.29 is 4.74 Å². The second kappa shape index (κ2) is 9.52. The fourth-order valence-electron chi connectivity index (χ4n) is 3.21. The Labute approximate surface area is 146 Å². The average Bonchev–Trinajstić information content (AvgIpc) is 3.12. The number of rotatable bonds is 7. The molecule has 1 aliphatic heterocycles. The monoisotopic (exact) mass is 332 g/mol. The predicted octanol–water partition coefficient (Wildman–Crippen LogP) is 2.48. The summed E-state index contributed by atoms with van der Waals surface area (Å²) in [4.78, 5) is 6.95. The van der Waals surface area contributed by atoms with Crippen LogP contribution in [0, 0.1) is 5.92 Å². The molecule has 0 radical (unpaired) electrons. The van der Waals surface area contributed by atoms with Gasteiger partial charge in [-0.2, -0.15) is 0 Å². The number of hydrogen-bond donors (Lipinski definition) is 2. The molecule has 2 N–H and O–H groups in total. The number of ether oxygens (including phenoxy) is 1. The molecule has 1 atom stereocenters. The van der Waals surface area contributed by atoms with Crippen molar-refractivity contribution >= 4 is 5.96 Å². The molecule has 1 saturated heterocycles. The highest BCUT2D eigenvalue weighted by Gasteiger charge is 2.24. The molecule has 2 rings (SSSR count). The molecule has 0 aliphatic carbocycles. The van der Waals surface area contributed by atoms with Crippen molar-refractivity contribution in [3.63, 3.8) is 0 Å². The van der Waals surface area contributed by atoms with Crippen LogP contribution in [0.1, 0.15) is 32.3 Å². The first-order chi connectivity index (χ1) is 11.6. The Morgan fingerprint density at radius 3 is 2.38 bits per heavy atom. The van der Waals surface area contributed by atoms with Crippen molar-refractivity contribution in [3.8, 4) is 5.75 Å². The third kappa shape index (κ3) is 5.41. The minimum atomic E-state index is 0.562. The highest BCUT2D eigenvalue weighted by atomic mass is 16.5. The van der Waals surface area contributed by atoms with Gasteiger partial charge in [0.1, 0.15) is 5.75 Å². The van der Waals surface area contributed by atoms with E-state index in [1.165, 1.54) is 31.5 Å². The fraction of sp³-hybridized carbons (Fsp3) is 0.632. The number of likely N-dealkylation sites (tertiary alicyclic amines) is 1. The summed E-state index contributed by atoms with van der Waals surface area (Å²) in [5.41, 5.74) is 1.21. The van der Waals surface area contributed by atoms with E-state index in [-0.39, 0.29) is 0 Å². The average molecular weight is 332 g/mol. The molecule has 0 spiro atoms. The van der Waals surface area contributed by atoms with E-state index in [2.05, 4.69) is 46.5 Å². The zero-order chi connectivity index (χ0) is 17.4. The summed E-state index contributed by atoms with van der Waals surface area (Å²) >= 11 is 0. The third-order valence-electron chi connectivity index (χ3n) is 4.70. The Morgan fingerprint density at radius 2 is 1.83 bits per heavy atom. The first-order valence-corrected chi connectivity index (χ1v) is 8.95. The molecule has 1 unspecified atom stereocenters. The number of aliphatic imine (C=N–C) groups is 1. The van der Waals surface area contributed by atoms with Crippen LogP contribution >= 0.6 is 0 Å². The molecule has 24 heavy (non-hydrogen) atoms. The summed E-state index contributed by atoms with van der Waals surface area (Å²) < 4.78 is 5.19. The van der Waals surface area contributed by atoms with E-state index < -0.39 is 0 Å². The lowest BCUT2D eigenvalue weighted by Gasteiger charge is -2.31. The lowest BCUT2D eigenvalue weighted by atomic mass is 10.0. The Bertz CT molecular complexity index is 507. The van der Waals surface area contributed by atoms with Gasteiger partial charge in [0.25, 0.3) is 0 Å². The lowest BCUT2D eigenvalue weighted by molar-refractivity contribution is 0.192. The van der Waals surface area contributed by atoms with Crippen LogP contribution in [0.5, 0.6) is 5.75 Å². The largest absolute Gasteiger partial charge is 0.497 e. The molecular weight excluding hydrogens is 300 g/mol. The normalized spacial score (nSPS) is 17.1. The van der Waals surface area contributed by atoms with Gasteiger partial charge in [-0.3, -0.25) is 9.89 Å². The Hall–Kier alpha value is -1.75. The second-order valence-corrected chi connectivity index (χ2v) is 6.71. The van der Waals surface area contributed by atoms with Crippen molar-refractivity contribution in [2.24, 2.45) is 10.9 Å². The molecule has 0 amide bonds. The maximum atomic E-state index is 5.19. The Balaban J connectivity index is 1.82. The summed E-state index contributed by atoms with van der Waals surface area (Å²) in [5, 5.41) is 6.88. The molecule has 134 valence electrons. The van der Waals surface area contributed by atoms with Gasteiger partial charge >= 0.3 is 0 Å². The van der Waals surface area contributed by atoms with Gasteiger partial charge in [0.2, 0.25) is 0 Å². The van der Waals surface area contributed by atoms with Gasteiger partial charge in [0, 0.05) is 26.2 Å². The highest BCUT2D eigenvalue weighted by Crippen LogP contribution is 2.17. The van der Waals surface area contributed by atoms with Crippen LogP contribution in [-0.2, 0) is 6.54 Å². The van der Waals surface area contributed by atoms with Crippen molar-refractivity contribution in [1.29, 1.82) is 0 Å². The lowest BCUT2D eigenvalue weighted by Crippen LogP contribution is -2.48. The molecule has 1 aliphatic rings. The minimum Gasteiger partial charge on any atom is -0.497 e. The summed E-state index contributed by atoms with van der Waals surface area (Å²) in [6, 6.07) is 8.66. The molecular formula is C19H32N4O. The van der Waals surface area contributed by atoms with Gasteiger partial charge in [-0.15, -0.1) is 0 Å². The number of nitrogens with one attached hydrogen (secondary N) is 2. The van der Waals surface area contributed by atoms with Crippen LogP contribution < -0.4 is 15.4 Å².